The summed E-state index contributed by atoms with van der Waals surface area (Å²) >= 11 is 6.61. The van der Waals surface area contributed by atoms with Gasteiger partial charge in [-0.1, -0.05) is 48.0 Å². The van der Waals surface area contributed by atoms with Crippen LogP contribution in [0.1, 0.15) is 5.56 Å². The van der Waals surface area contributed by atoms with Crippen LogP contribution in [0.5, 0.6) is 0 Å². The van der Waals surface area contributed by atoms with Crippen LogP contribution in [0, 0.1) is 0 Å². The van der Waals surface area contributed by atoms with E-state index in [1.807, 2.05) is 18.2 Å². The first kappa shape index (κ1) is 21.0. The van der Waals surface area contributed by atoms with E-state index in [1.165, 1.54) is 10.4 Å². The van der Waals surface area contributed by atoms with E-state index >= 15 is 0 Å². The van der Waals surface area contributed by atoms with Gasteiger partial charge in [0, 0.05) is 15.3 Å². The number of halogens is 4. The highest BCUT2D eigenvalue weighted by Gasteiger charge is 2.32. The lowest BCUT2D eigenvalue weighted by Gasteiger charge is -2.25. The maximum Gasteiger partial charge on any atom is 0.416 e. The van der Waals surface area contributed by atoms with E-state index in [4.69, 9.17) is 11.6 Å². The largest absolute Gasteiger partial charge is 0.416 e. The number of alkyl halides is 3. The predicted molar refractivity (Wildman–Crippen MR) is 106 cm³/mol. The summed E-state index contributed by atoms with van der Waals surface area (Å²) in [4.78, 5) is 19.1. The summed E-state index contributed by atoms with van der Waals surface area (Å²) in [5.74, 6) is 0. The Morgan fingerprint density at radius 3 is 2.39 bits per heavy atom. The van der Waals surface area contributed by atoms with Crippen molar-refractivity contribution in [1.29, 1.82) is 0 Å². The summed E-state index contributed by atoms with van der Waals surface area (Å²) in [5.41, 5.74) is -0.462. The summed E-state index contributed by atoms with van der Waals surface area (Å²) in [6, 6.07) is 15.4. The van der Waals surface area contributed by atoms with Crippen LogP contribution < -0.4 is 4.31 Å². The van der Waals surface area contributed by atoms with Crippen molar-refractivity contribution in [2.45, 2.75) is 11.1 Å². The van der Waals surface area contributed by atoms with Crippen molar-refractivity contribution < 1.29 is 27.5 Å². The number of hydrogen-bond acceptors (Lipinski definition) is 3. The monoisotopic (exact) mass is 447 g/mol. The van der Waals surface area contributed by atoms with Crippen molar-refractivity contribution in [2.75, 3.05) is 10.6 Å². The highest BCUT2D eigenvalue weighted by molar-refractivity contribution is 8.01. The Hall–Kier alpha value is -1.70. The van der Waals surface area contributed by atoms with Gasteiger partial charge >= 0.3 is 13.8 Å². The maximum absolute atomic E-state index is 13.1. The standard InChI is InChI=1S/C18H14ClF3NO3PS/c19-14-8-13(18(20,21)22)9-15(10-14)28-23(11-27(24,25)26)17-7-3-5-12-4-1-2-6-16(12)17/h1-10H,11H2,(H2,24,25,26). The molecular weight excluding hydrogens is 434 g/mol. The molecule has 0 unspecified atom stereocenters. The first-order valence-corrected chi connectivity index (χ1v) is 10.8. The Morgan fingerprint density at radius 1 is 1.04 bits per heavy atom. The van der Waals surface area contributed by atoms with Crippen molar-refractivity contribution in [3.8, 4) is 0 Å². The van der Waals surface area contributed by atoms with Gasteiger partial charge in [0.2, 0.25) is 0 Å². The molecule has 28 heavy (non-hydrogen) atoms. The number of benzene rings is 3. The summed E-state index contributed by atoms with van der Waals surface area (Å²) in [5, 5.41) is 1.42. The molecule has 3 aromatic carbocycles. The number of anilines is 1. The third-order valence-electron chi connectivity index (χ3n) is 3.76. The highest BCUT2D eigenvalue weighted by Crippen LogP contribution is 2.44. The Balaban J connectivity index is 2.07. The molecule has 0 radical (unpaired) electrons. The zero-order valence-electron chi connectivity index (χ0n) is 14.1. The minimum absolute atomic E-state index is 0.112. The van der Waals surface area contributed by atoms with Crippen LogP contribution >= 0.6 is 31.1 Å². The van der Waals surface area contributed by atoms with Gasteiger partial charge in [0.15, 0.2) is 0 Å². The third kappa shape index (κ3) is 5.21. The molecule has 0 atom stereocenters. The first-order chi connectivity index (χ1) is 13.0. The summed E-state index contributed by atoms with van der Waals surface area (Å²) in [7, 11) is -4.51. The lowest BCUT2D eigenvalue weighted by atomic mass is 10.1. The zero-order valence-corrected chi connectivity index (χ0v) is 16.6. The van der Waals surface area contributed by atoms with Crippen molar-refractivity contribution in [3.63, 3.8) is 0 Å². The molecule has 0 saturated heterocycles. The van der Waals surface area contributed by atoms with Crippen LogP contribution in [0.4, 0.5) is 18.9 Å². The fraction of sp³-hybridized carbons (Fsp3) is 0.111. The Morgan fingerprint density at radius 2 is 1.71 bits per heavy atom. The average Bonchev–Trinajstić information content (AvgIpc) is 2.58. The molecule has 0 aliphatic heterocycles. The predicted octanol–water partition coefficient (Wildman–Crippen LogP) is 6.16. The van der Waals surface area contributed by atoms with E-state index in [-0.39, 0.29) is 9.92 Å². The van der Waals surface area contributed by atoms with Gasteiger partial charge in [-0.2, -0.15) is 13.2 Å². The number of fused-ring (bicyclic) bond motifs is 1. The third-order valence-corrected chi connectivity index (χ3v) is 5.82. The molecule has 0 aliphatic rings. The van der Waals surface area contributed by atoms with Gasteiger partial charge < -0.3 is 9.79 Å². The number of hydrogen-bond donors (Lipinski definition) is 2. The molecule has 4 nitrogen and oxygen atoms in total. The van der Waals surface area contributed by atoms with E-state index in [9.17, 15) is 27.5 Å². The van der Waals surface area contributed by atoms with Crippen molar-refractivity contribution in [2.24, 2.45) is 0 Å². The van der Waals surface area contributed by atoms with Crippen molar-refractivity contribution in [3.05, 3.63) is 71.2 Å². The second kappa shape index (κ2) is 7.97. The molecule has 3 aromatic rings. The first-order valence-electron chi connectivity index (χ1n) is 7.88. The summed E-state index contributed by atoms with van der Waals surface area (Å²) in [6.45, 7) is 0. The molecule has 3 rings (SSSR count). The van der Waals surface area contributed by atoms with Gasteiger partial charge in [-0.15, -0.1) is 0 Å². The van der Waals surface area contributed by atoms with Gasteiger partial charge in [-0.25, -0.2) is 0 Å². The fourth-order valence-electron chi connectivity index (χ4n) is 2.65. The van der Waals surface area contributed by atoms with Gasteiger partial charge in [-0.05, 0) is 41.6 Å². The molecular formula is C18H14ClF3NO3PS. The van der Waals surface area contributed by atoms with E-state index in [1.54, 1.807) is 24.3 Å². The Bertz CT molecular complexity index is 1050. The highest BCUT2D eigenvalue weighted by atomic mass is 35.5. The molecule has 0 saturated carbocycles. The zero-order chi connectivity index (χ0) is 20.5. The topological polar surface area (TPSA) is 60.8 Å². The van der Waals surface area contributed by atoms with Crippen molar-refractivity contribution >= 4 is 47.6 Å². The van der Waals surface area contributed by atoms with Crippen LogP contribution in [0.15, 0.2) is 65.6 Å². The normalized spacial score (nSPS) is 12.4. The van der Waals surface area contributed by atoms with Crippen LogP contribution in [0.3, 0.4) is 0 Å². The molecule has 0 heterocycles. The molecule has 10 heteroatoms. The summed E-state index contributed by atoms with van der Waals surface area (Å²) in [6.07, 6.45) is -5.27. The molecule has 2 N–H and O–H groups in total. The van der Waals surface area contributed by atoms with Gasteiger partial charge in [-0.3, -0.25) is 8.87 Å². The molecule has 0 fully saturated rings. The maximum atomic E-state index is 13.1. The van der Waals surface area contributed by atoms with Gasteiger partial charge in [0.25, 0.3) is 0 Å². The van der Waals surface area contributed by atoms with Crippen LogP contribution in [-0.2, 0) is 10.7 Å². The van der Waals surface area contributed by atoms with E-state index in [0.29, 0.717) is 11.1 Å². The van der Waals surface area contributed by atoms with E-state index < -0.39 is 25.6 Å². The molecule has 148 valence electrons. The number of nitrogens with zero attached hydrogens (tertiary/aromatic N) is 1. The van der Waals surface area contributed by atoms with Crippen molar-refractivity contribution in [1.82, 2.24) is 0 Å². The lowest BCUT2D eigenvalue weighted by Crippen LogP contribution is -2.16. The molecule has 0 amide bonds. The van der Waals surface area contributed by atoms with E-state index in [2.05, 4.69) is 0 Å². The fourth-order valence-corrected chi connectivity index (χ4v) is 4.99. The average molecular weight is 448 g/mol. The minimum Gasteiger partial charge on any atom is -0.323 e. The second-order valence-electron chi connectivity index (χ2n) is 5.95. The number of rotatable bonds is 5. The SMILES string of the molecule is O=P(O)(O)CN(Sc1cc(Cl)cc(C(F)(F)F)c1)c1cccc2ccccc12. The van der Waals surface area contributed by atoms with Crippen LogP contribution in [0.25, 0.3) is 10.8 Å². The lowest BCUT2D eigenvalue weighted by molar-refractivity contribution is -0.137. The smallest absolute Gasteiger partial charge is 0.323 e. The quantitative estimate of drug-likeness (QED) is 0.362. The van der Waals surface area contributed by atoms with Crippen LogP contribution in [-0.4, -0.2) is 16.1 Å². The summed E-state index contributed by atoms with van der Waals surface area (Å²) < 4.78 is 52.2. The second-order valence-corrected chi connectivity index (χ2v) is 9.09. The molecule has 0 bridgehead atoms. The van der Waals surface area contributed by atoms with E-state index in [0.717, 1.165) is 29.5 Å². The van der Waals surface area contributed by atoms with Gasteiger partial charge in [0.1, 0.15) is 6.29 Å². The molecule has 0 spiro atoms. The van der Waals surface area contributed by atoms with Crippen LogP contribution in [0.2, 0.25) is 5.02 Å². The molecule has 0 aliphatic carbocycles. The Kier molecular flexibility index (Phi) is 5.98. The molecule has 0 aromatic heterocycles. The Labute approximate surface area is 168 Å². The minimum atomic E-state index is -4.59. The van der Waals surface area contributed by atoms with Gasteiger partial charge in [0.05, 0.1) is 11.3 Å².